The molecule has 1 amide bonds. The number of carbonyl (C=O) groups is 1. The molecule has 1 aromatic carbocycles. The first-order valence-corrected chi connectivity index (χ1v) is 8.12. The molecule has 2 N–H and O–H groups in total. The molecule has 0 fully saturated rings. The Hall–Kier alpha value is -2.86. The lowest BCUT2D eigenvalue weighted by Gasteiger charge is -2.08. The van der Waals surface area contributed by atoms with Crippen LogP contribution in [0.5, 0.6) is 0 Å². The molecule has 0 saturated carbocycles. The van der Waals surface area contributed by atoms with E-state index in [0.29, 0.717) is 41.2 Å². The van der Waals surface area contributed by atoms with Crippen molar-refractivity contribution in [2.45, 2.75) is 20.0 Å². The third kappa shape index (κ3) is 4.81. The Bertz CT molecular complexity index is 848. The first-order chi connectivity index (χ1) is 12.1. The summed E-state index contributed by atoms with van der Waals surface area (Å²) >= 11 is 5.88. The van der Waals surface area contributed by atoms with E-state index in [4.69, 9.17) is 16.0 Å². The highest BCUT2D eigenvalue weighted by Crippen LogP contribution is 2.11. The number of benzene rings is 1. The minimum Gasteiger partial charge on any atom is -0.467 e. The summed E-state index contributed by atoms with van der Waals surface area (Å²) in [6.07, 6.45) is 1.56. The first kappa shape index (κ1) is 17.0. The van der Waals surface area contributed by atoms with Crippen molar-refractivity contribution in [3.8, 4) is 0 Å². The van der Waals surface area contributed by atoms with Crippen molar-refractivity contribution in [3.63, 3.8) is 0 Å². The van der Waals surface area contributed by atoms with Gasteiger partial charge in [0.2, 0.25) is 5.95 Å². The summed E-state index contributed by atoms with van der Waals surface area (Å²) in [5, 5.41) is 6.58. The quantitative estimate of drug-likeness (QED) is 0.705. The molecule has 0 aliphatic heterocycles. The van der Waals surface area contributed by atoms with Gasteiger partial charge < -0.3 is 15.1 Å². The fourth-order valence-electron chi connectivity index (χ4n) is 2.22. The van der Waals surface area contributed by atoms with Crippen molar-refractivity contribution in [1.82, 2.24) is 15.3 Å². The number of aromatic nitrogens is 2. The van der Waals surface area contributed by atoms with Crippen molar-refractivity contribution >= 4 is 23.5 Å². The van der Waals surface area contributed by atoms with E-state index >= 15 is 0 Å². The maximum Gasteiger partial charge on any atom is 0.270 e. The van der Waals surface area contributed by atoms with E-state index in [2.05, 4.69) is 20.6 Å². The highest BCUT2D eigenvalue weighted by atomic mass is 35.5. The number of hydrogen-bond donors (Lipinski definition) is 2. The van der Waals surface area contributed by atoms with E-state index in [1.54, 1.807) is 24.5 Å². The Balaban J connectivity index is 1.64. The van der Waals surface area contributed by atoms with Crippen LogP contribution in [0, 0.1) is 6.92 Å². The van der Waals surface area contributed by atoms with Crippen molar-refractivity contribution in [2.75, 3.05) is 5.32 Å². The van der Waals surface area contributed by atoms with Gasteiger partial charge in [-0.25, -0.2) is 9.97 Å². The monoisotopic (exact) mass is 356 g/mol. The SMILES string of the molecule is Cc1cc(C(=O)NCc2ccco2)nc(NCc2ccc(Cl)cc2)n1. The van der Waals surface area contributed by atoms with Crippen LogP contribution in [-0.2, 0) is 13.1 Å². The van der Waals surface area contributed by atoms with Gasteiger partial charge in [0.25, 0.3) is 5.91 Å². The summed E-state index contributed by atoms with van der Waals surface area (Å²) in [5.74, 6) is 0.801. The number of furan rings is 1. The van der Waals surface area contributed by atoms with Gasteiger partial charge in [-0.05, 0) is 42.8 Å². The second-order valence-electron chi connectivity index (χ2n) is 5.46. The molecule has 6 nitrogen and oxygen atoms in total. The van der Waals surface area contributed by atoms with Crippen LogP contribution < -0.4 is 10.6 Å². The molecule has 0 radical (unpaired) electrons. The standard InChI is InChI=1S/C18H17ClN4O2/c1-12-9-16(17(24)20-11-15-3-2-8-25-15)23-18(22-12)21-10-13-4-6-14(19)7-5-13/h2-9H,10-11H2,1H3,(H,20,24)(H,21,22,23). The van der Waals surface area contributed by atoms with E-state index in [1.807, 2.05) is 31.2 Å². The Morgan fingerprint density at radius 1 is 1.16 bits per heavy atom. The molecular formula is C18H17ClN4O2. The molecular weight excluding hydrogens is 340 g/mol. The number of rotatable bonds is 6. The molecule has 0 saturated heterocycles. The van der Waals surface area contributed by atoms with Gasteiger partial charge in [0, 0.05) is 17.3 Å². The van der Waals surface area contributed by atoms with Gasteiger partial charge in [-0.2, -0.15) is 0 Å². The van der Waals surface area contributed by atoms with Crippen molar-refractivity contribution in [2.24, 2.45) is 0 Å². The summed E-state index contributed by atoms with van der Waals surface area (Å²) < 4.78 is 5.19. The maximum absolute atomic E-state index is 12.3. The number of hydrogen-bond acceptors (Lipinski definition) is 5. The fraction of sp³-hybridized carbons (Fsp3) is 0.167. The van der Waals surface area contributed by atoms with Crippen LogP contribution in [0.4, 0.5) is 5.95 Å². The number of nitrogens with zero attached hydrogens (tertiary/aromatic N) is 2. The molecule has 0 aliphatic carbocycles. The summed E-state index contributed by atoms with van der Waals surface area (Å²) in [7, 11) is 0. The summed E-state index contributed by atoms with van der Waals surface area (Å²) in [4.78, 5) is 20.9. The molecule has 25 heavy (non-hydrogen) atoms. The van der Waals surface area contributed by atoms with E-state index in [9.17, 15) is 4.79 Å². The molecule has 3 rings (SSSR count). The molecule has 0 atom stereocenters. The smallest absolute Gasteiger partial charge is 0.270 e. The zero-order chi connectivity index (χ0) is 17.6. The molecule has 0 spiro atoms. The number of aryl methyl sites for hydroxylation is 1. The lowest BCUT2D eigenvalue weighted by atomic mass is 10.2. The number of amides is 1. The minimum atomic E-state index is -0.281. The van der Waals surface area contributed by atoms with Crippen LogP contribution >= 0.6 is 11.6 Å². The summed E-state index contributed by atoms with van der Waals surface area (Å²) in [5.41, 5.74) is 2.05. The predicted octanol–water partition coefficient (Wildman–Crippen LogP) is 3.57. The molecule has 0 aliphatic rings. The Labute approximate surface area is 150 Å². The van der Waals surface area contributed by atoms with Gasteiger partial charge in [0.1, 0.15) is 11.5 Å². The molecule has 2 heterocycles. The van der Waals surface area contributed by atoms with Gasteiger partial charge in [0.05, 0.1) is 12.8 Å². The molecule has 7 heteroatoms. The van der Waals surface area contributed by atoms with Gasteiger partial charge in [-0.3, -0.25) is 4.79 Å². The van der Waals surface area contributed by atoms with Gasteiger partial charge in [-0.1, -0.05) is 23.7 Å². The number of nitrogens with one attached hydrogen (secondary N) is 2. The summed E-state index contributed by atoms with van der Waals surface area (Å²) in [6.45, 7) is 2.66. The van der Waals surface area contributed by atoms with Crippen LogP contribution in [0.3, 0.4) is 0 Å². The minimum absolute atomic E-state index is 0.281. The normalized spacial score (nSPS) is 10.5. The topological polar surface area (TPSA) is 80.0 Å². The van der Waals surface area contributed by atoms with Gasteiger partial charge in [-0.15, -0.1) is 0 Å². The molecule has 3 aromatic rings. The average molecular weight is 357 g/mol. The Morgan fingerprint density at radius 2 is 1.96 bits per heavy atom. The molecule has 128 valence electrons. The van der Waals surface area contributed by atoms with Crippen LogP contribution in [0.25, 0.3) is 0 Å². The van der Waals surface area contributed by atoms with Crippen LogP contribution in [0.15, 0.2) is 53.1 Å². The second kappa shape index (κ2) is 7.81. The third-order valence-electron chi connectivity index (χ3n) is 3.45. The van der Waals surface area contributed by atoms with Crippen LogP contribution in [-0.4, -0.2) is 15.9 Å². The van der Waals surface area contributed by atoms with Crippen molar-refractivity contribution in [3.05, 3.63) is 76.5 Å². The number of halogens is 1. The van der Waals surface area contributed by atoms with Crippen molar-refractivity contribution in [1.29, 1.82) is 0 Å². The van der Waals surface area contributed by atoms with E-state index in [-0.39, 0.29) is 5.91 Å². The highest BCUT2D eigenvalue weighted by molar-refractivity contribution is 6.30. The van der Waals surface area contributed by atoms with Crippen LogP contribution in [0.2, 0.25) is 5.02 Å². The molecule has 2 aromatic heterocycles. The predicted molar refractivity (Wildman–Crippen MR) is 95.4 cm³/mol. The lowest BCUT2D eigenvalue weighted by Crippen LogP contribution is -2.24. The number of anilines is 1. The Kier molecular flexibility index (Phi) is 5.30. The van der Waals surface area contributed by atoms with Crippen LogP contribution in [0.1, 0.15) is 27.5 Å². The average Bonchev–Trinajstić information content (AvgIpc) is 3.12. The van der Waals surface area contributed by atoms with Crippen molar-refractivity contribution < 1.29 is 9.21 Å². The van der Waals surface area contributed by atoms with E-state index in [0.717, 1.165) is 5.56 Å². The Morgan fingerprint density at radius 3 is 2.68 bits per heavy atom. The zero-order valence-corrected chi connectivity index (χ0v) is 14.4. The second-order valence-corrected chi connectivity index (χ2v) is 5.90. The fourth-order valence-corrected chi connectivity index (χ4v) is 2.34. The molecule has 0 unspecified atom stereocenters. The largest absolute Gasteiger partial charge is 0.467 e. The molecule has 0 bridgehead atoms. The highest BCUT2D eigenvalue weighted by Gasteiger charge is 2.11. The summed E-state index contributed by atoms with van der Waals surface area (Å²) in [6, 6.07) is 12.7. The third-order valence-corrected chi connectivity index (χ3v) is 3.71. The maximum atomic E-state index is 12.3. The van der Waals surface area contributed by atoms with E-state index in [1.165, 1.54) is 0 Å². The number of carbonyl (C=O) groups excluding carboxylic acids is 1. The van der Waals surface area contributed by atoms with Gasteiger partial charge in [0.15, 0.2) is 0 Å². The first-order valence-electron chi connectivity index (χ1n) is 7.75. The van der Waals surface area contributed by atoms with E-state index < -0.39 is 0 Å². The van der Waals surface area contributed by atoms with Gasteiger partial charge >= 0.3 is 0 Å². The lowest BCUT2D eigenvalue weighted by molar-refractivity contribution is 0.0943. The zero-order valence-electron chi connectivity index (χ0n) is 13.6.